The van der Waals surface area contributed by atoms with Crippen LogP contribution in [0.4, 0.5) is 17.1 Å². The molecule has 0 saturated heterocycles. The van der Waals surface area contributed by atoms with Crippen molar-refractivity contribution in [2.24, 2.45) is 0 Å². The van der Waals surface area contributed by atoms with Crippen molar-refractivity contribution in [1.82, 2.24) is 0 Å². The number of anilines is 3. The Morgan fingerprint density at radius 2 is 0.797 bits per heavy atom. The van der Waals surface area contributed by atoms with E-state index in [2.05, 4.69) is 217 Å². The first-order valence-electron chi connectivity index (χ1n) is 20.1. The van der Waals surface area contributed by atoms with Crippen molar-refractivity contribution in [2.75, 3.05) is 4.90 Å². The van der Waals surface area contributed by atoms with Crippen LogP contribution in [0.1, 0.15) is 0 Å². The predicted molar refractivity (Wildman–Crippen MR) is 258 cm³/mol. The highest BCUT2D eigenvalue weighted by Crippen LogP contribution is 2.52. The SMILES string of the molecule is c1ccc(-c2ccccc2-c2c(N(c3cccc(-c4ccc5c(c4)sc4ccccc45)c3)c3ccc4sc5ccccc5c4c3)c3ccccc3c3ccccc23)cc1. The van der Waals surface area contributed by atoms with Gasteiger partial charge in [-0.1, -0.05) is 164 Å². The van der Waals surface area contributed by atoms with Crippen LogP contribution >= 0.6 is 22.7 Å². The molecule has 12 rings (SSSR count). The molecule has 2 aromatic heterocycles. The Morgan fingerprint density at radius 3 is 1.58 bits per heavy atom. The predicted octanol–water partition coefficient (Wildman–Crippen LogP) is 17.2. The molecular formula is C56H35NS2. The number of hydrogen-bond donors (Lipinski definition) is 0. The van der Waals surface area contributed by atoms with Crippen molar-refractivity contribution in [3.8, 4) is 33.4 Å². The molecule has 0 N–H and O–H groups in total. The van der Waals surface area contributed by atoms with E-state index in [4.69, 9.17) is 0 Å². The van der Waals surface area contributed by atoms with Crippen LogP contribution in [0.3, 0.4) is 0 Å². The van der Waals surface area contributed by atoms with Gasteiger partial charge in [0.25, 0.3) is 0 Å². The Labute approximate surface area is 350 Å². The van der Waals surface area contributed by atoms with Crippen molar-refractivity contribution in [3.63, 3.8) is 0 Å². The summed E-state index contributed by atoms with van der Waals surface area (Å²) in [6.07, 6.45) is 0. The summed E-state index contributed by atoms with van der Waals surface area (Å²) >= 11 is 3.73. The molecule has 0 saturated carbocycles. The maximum atomic E-state index is 2.54. The zero-order valence-electron chi connectivity index (χ0n) is 32.0. The molecule has 0 unspecified atom stereocenters. The lowest BCUT2D eigenvalue weighted by Crippen LogP contribution is -2.12. The summed E-state index contributed by atoms with van der Waals surface area (Å²) in [5.41, 5.74) is 10.6. The Morgan fingerprint density at radius 1 is 0.271 bits per heavy atom. The Kier molecular flexibility index (Phi) is 7.97. The fourth-order valence-corrected chi connectivity index (χ4v) is 11.4. The van der Waals surface area contributed by atoms with Crippen molar-refractivity contribution < 1.29 is 0 Å². The van der Waals surface area contributed by atoms with E-state index < -0.39 is 0 Å². The van der Waals surface area contributed by atoms with Crippen LogP contribution in [0.5, 0.6) is 0 Å². The van der Waals surface area contributed by atoms with E-state index in [1.807, 2.05) is 22.7 Å². The second kappa shape index (κ2) is 13.8. The minimum absolute atomic E-state index is 1.11. The normalized spacial score (nSPS) is 11.7. The maximum Gasteiger partial charge on any atom is 0.0625 e. The topological polar surface area (TPSA) is 3.24 Å². The van der Waals surface area contributed by atoms with Crippen LogP contribution in [0.25, 0.3) is 95.3 Å². The summed E-state index contributed by atoms with van der Waals surface area (Å²) in [6, 6.07) is 78.5. The van der Waals surface area contributed by atoms with Gasteiger partial charge in [-0.3, -0.25) is 0 Å². The summed E-state index contributed by atoms with van der Waals surface area (Å²) in [5.74, 6) is 0. The van der Waals surface area contributed by atoms with Crippen molar-refractivity contribution >= 4 is 102 Å². The summed E-state index contributed by atoms with van der Waals surface area (Å²) in [5, 5.41) is 10.1. The van der Waals surface area contributed by atoms with Crippen LogP contribution in [0, 0.1) is 0 Å². The van der Waals surface area contributed by atoms with Crippen LogP contribution in [-0.4, -0.2) is 0 Å². The minimum Gasteiger partial charge on any atom is -0.309 e. The molecule has 276 valence electrons. The molecule has 0 aliphatic rings. The smallest absolute Gasteiger partial charge is 0.0625 e. The molecule has 2 heterocycles. The van der Waals surface area contributed by atoms with Gasteiger partial charge in [-0.2, -0.15) is 0 Å². The summed E-state index contributed by atoms with van der Waals surface area (Å²) in [4.78, 5) is 2.54. The van der Waals surface area contributed by atoms with Crippen molar-refractivity contribution in [1.29, 1.82) is 0 Å². The molecule has 0 spiro atoms. The van der Waals surface area contributed by atoms with Gasteiger partial charge in [0.15, 0.2) is 0 Å². The summed E-state index contributed by atoms with van der Waals surface area (Å²) < 4.78 is 5.22. The second-order valence-electron chi connectivity index (χ2n) is 15.2. The lowest BCUT2D eigenvalue weighted by Gasteiger charge is -2.31. The Hall–Kier alpha value is -7.04. The van der Waals surface area contributed by atoms with E-state index in [0.717, 1.165) is 11.4 Å². The molecule has 0 bridgehead atoms. The Balaban J connectivity index is 1.18. The number of rotatable bonds is 6. The standard InChI is InChI=1S/C56H35NS2/c1-2-15-36(16-3-1)41-19-4-7-24-47(41)55-48-25-8-5-20-42(48)43-21-6-9-26-49(43)56(55)57(40-30-32-53-50(35-40)45-23-11-13-28-52(45)58-53)39-18-14-17-37(33-39)38-29-31-46-44-22-10-12-27-51(44)59-54(46)34-38/h1-35H. The van der Waals surface area contributed by atoms with Gasteiger partial charge in [0.2, 0.25) is 0 Å². The molecule has 0 atom stereocenters. The molecule has 0 aliphatic heterocycles. The van der Waals surface area contributed by atoms with E-state index in [9.17, 15) is 0 Å². The molecule has 3 heteroatoms. The molecule has 12 aromatic rings. The quantitative estimate of drug-likeness (QED) is 0.152. The van der Waals surface area contributed by atoms with Crippen molar-refractivity contribution in [3.05, 3.63) is 212 Å². The van der Waals surface area contributed by atoms with Gasteiger partial charge in [0.05, 0.1) is 5.69 Å². The average molecular weight is 786 g/mol. The third-order valence-electron chi connectivity index (χ3n) is 11.8. The molecule has 10 aromatic carbocycles. The number of hydrogen-bond acceptors (Lipinski definition) is 3. The fourth-order valence-electron chi connectivity index (χ4n) is 9.19. The van der Waals surface area contributed by atoms with Crippen LogP contribution in [0.15, 0.2) is 212 Å². The molecular weight excluding hydrogens is 751 g/mol. The van der Waals surface area contributed by atoms with Gasteiger partial charge in [-0.05, 0) is 92.5 Å². The number of nitrogens with zero attached hydrogens (tertiary/aromatic N) is 1. The fraction of sp³-hybridized carbons (Fsp3) is 0. The zero-order valence-corrected chi connectivity index (χ0v) is 33.6. The largest absolute Gasteiger partial charge is 0.309 e. The molecule has 0 aliphatic carbocycles. The first kappa shape index (κ1) is 34.0. The van der Waals surface area contributed by atoms with Gasteiger partial charge >= 0.3 is 0 Å². The molecule has 0 radical (unpaired) electrons. The van der Waals surface area contributed by atoms with Gasteiger partial charge in [0, 0.05) is 62.7 Å². The van der Waals surface area contributed by atoms with E-state index in [-0.39, 0.29) is 0 Å². The van der Waals surface area contributed by atoms with Gasteiger partial charge < -0.3 is 4.90 Å². The molecule has 1 nitrogen and oxygen atoms in total. The highest BCUT2D eigenvalue weighted by molar-refractivity contribution is 7.26. The highest BCUT2D eigenvalue weighted by atomic mass is 32.1. The van der Waals surface area contributed by atoms with E-state index in [0.29, 0.717) is 0 Å². The van der Waals surface area contributed by atoms with Gasteiger partial charge in [-0.25, -0.2) is 0 Å². The minimum atomic E-state index is 1.11. The van der Waals surface area contributed by atoms with Crippen molar-refractivity contribution in [2.45, 2.75) is 0 Å². The summed E-state index contributed by atoms with van der Waals surface area (Å²) in [7, 11) is 0. The number of thiophene rings is 2. The first-order chi connectivity index (χ1) is 29.3. The monoisotopic (exact) mass is 785 g/mol. The lowest BCUT2D eigenvalue weighted by atomic mass is 9.86. The maximum absolute atomic E-state index is 2.54. The lowest BCUT2D eigenvalue weighted by molar-refractivity contribution is 1.31. The van der Waals surface area contributed by atoms with Crippen LogP contribution < -0.4 is 4.90 Å². The van der Waals surface area contributed by atoms with Crippen LogP contribution in [0.2, 0.25) is 0 Å². The van der Waals surface area contributed by atoms with Gasteiger partial charge in [-0.15, -0.1) is 22.7 Å². The third-order valence-corrected chi connectivity index (χ3v) is 14.1. The first-order valence-corrected chi connectivity index (χ1v) is 21.7. The highest BCUT2D eigenvalue weighted by Gasteiger charge is 2.26. The average Bonchev–Trinajstić information content (AvgIpc) is 3.87. The van der Waals surface area contributed by atoms with E-state index in [1.165, 1.54) is 101 Å². The molecule has 0 amide bonds. The third kappa shape index (κ3) is 5.58. The van der Waals surface area contributed by atoms with Crippen LogP contribution in [-0.2, 0) is 0 Å². The Bertz CT molecular complexity index is 3580. The molecule has 59 heavy (non-hydrogen) atoms. The van der Waals surface area contributed by atoms with Gasteiger partial charge in [0.1, 0.15) is 0 Å². The zero-order chi connectivity index (χ0) is 38.9. The number of fused-ring (bicyclic) bond motifs is 9. The molecule has 0 fully saturated rings. The van der Waals surface area contributed by atoms with E-state index in [1.54, 1.807) is 0 Å². The van der Waals surface area contributed by atoms with E-state index >= 15 is 0 Å². The summed E-state index contributed by atoms with van der Waals surface area (Å²) in [6.45, 7) is 0. The second-order valence-corrected chi connectivity index (χ2v) is 17.4. The number of benzene rings is 10.